The van der Waals surface area contributed by atoms with E-state index in [9.17, 15) is 18.0 Å². The first kappa shape index (κ1) is 23.6. The highest BCUT2D eigenvalue weighted by atomic mass is 32.2. The topological polar surface area (TPSA) is 87.3 Å². The molecule has 2 aliphatic rings. The van der Waals surface area contributed by atoms with E-state index < -0.39 is 23.0 Å². The lowest BCUT2D eigenvalue weighted by molar-refractivity contribution is -0.114. The maximum absolute atomic E-state index is 12.9. The number of alkyl halides is 3. The molecule has 2 aliphatic heterocycles. The lowest BCUT2D eigenvalue weighted by Gasteiger charge is -2.20. The molecule has 0 aromatic heterocycles. The van der Waals surface area contributed by atoms with Crippen LogP contribution in [0.15, 0.2) is 58.1 Å². The minimum absolute atomic E-state index is 0.174. The number of halogens is 3. The van der Waals surface area contributed by atoms with E-state index in [0.717, 1.165) is 16.9 Å². The van der Waals surface area contributed by atoms with Crippen molar-refractivity contribution in [1.29, 1.82) is 5.41 Å². The number of nitrogens with zero attached hydrogens (tertiary/aromatic N) is 3. The van der Waals surface area contributed by atoms with E-state index in [2.05, 4.69) is 16.2 Å². The van der Waals surface area contributed by atoms with Gasteiger partial charge in [0.15, 0.2) is 5.84 Å². The van der Waals surface area contributed by atoms with Gasteiger partial charge in [0.1, 0.15) is 24.7 Å². The van der Waals surface area contributed by atoms with Crippen LogP contribution in [-0.2, 0) is 4.79 Å². The molecule has 0 unspecified atom stereocenters. The number of nitrogens with one attached hydrogen (secondary N) is 1. The molecule has 1 N–H and O–H groups in total. The molecule has 0 saturated heterocycles. The van der Waals surface area contributed by atoms with E-state index in [-0.39, 0.29) is 29.1 Å². The Hall–Kier alpha value is -3.60. The summed E-state index contributed by atoms with van der Waals surface area (Å²) in [7, 11) is 0. The third-order valence-electron chi connectivity index (χ3n) is 4.68. The maximum atomic E-state index is 12.9. The quantitative estimate of drug-likeness (QED) is 0.460. The van der Waals surface area contributed by atoms with Crippen molar-refractivity contribution in [2.24, 2.45) is 10.1 Å². The normalized spacial score (nSPS) is 17.0. The minimum Gasteiger partial charge on any atom is -0.490 e. The van der Waals surface area contributed by atoms with Gasteiger partial charge in [0.05, 0.1) is 5.57 Å². The summed E-state index contributed by atoms with van der Waals surface area (Å²) in [5.41, 5.74) is 2.55. The van der Waals surface area contributed by atoms with E-state index >= 15 is 0 Å². The van der Waals surface area contributed by atoms with Crippen LogP contribution in [0.3, 0.4) is 0 Å². The van der Waals surface area contributed by atoms with Crippen molar-refractivity contribution in [1.82, 2.24) is 5.01 Å². The second-order valence-electron chi connectivity index (χ2n) is 7.52. The van der Waals surface area contributed by atoms with E-state index in [1.807, 2.05) is 26.0 Å². The molecule has 34 heavy (non-hydrogen) atoms. The molecule has 4 rings (SSSR count). The molecule has 7 nitrogen and oxygen atoms in total. The number of aliphatic imine (C=N–C) groups is 1. The molecule has 0 radical (unpaired) electrons. The van der Waals surface area contributed by atoms with Gasteiger partial charge in [-0.2, -0.15) is 28.3 Å². The SMILES string of the molecule is Cc1cc(C)cc(OCCOc2cccc(/C=C3\C(=N)N4N=C(C(F)(F)F)SC4=NC3=O)c2)c1. The number of aryl methyl sites for hydroxylation is 2. The van der Waals surface area contributed by atoms with Gasteiger partial charge in [0, 0.05) is 0 Å². The molecule has 2 heterocycles. The van der Waals surface area contributed by atoms with Crippen molar-refractivity contribution in [3.63, 3.8) is 0 Å². The van der Waals surface area contributed by atoms with Crippen molar-refractivity contribution >= 4 is 39.8 Å². The van der Waals surface area contributed by atoms with Crippen molar-refractivity contribution in [2.45, 2.75) is 20.0 Å². The molecular weight excluding hydrogens is 469 g/mol. The van der Waals surface area contributed by atoms with Gasteiger partial charge in [-0.3, -0.25) is 10.2 Å². The number of benzene rings is 2. The molecule has 2 aromatic rings. The Kier molecular flexibility index (Phi) is 6.47. The monoisotopic (exact) mass is 488 g/mol. The molecule has 0 spiro atoms. The third kappa shape index (κ3) is 5.30. The molecule has 11 heteroatoms. The molecule has 176 valence electrons. The average Bonchev–Trinajstić information content (AvgIpc) is 3.19. The molecule has 2 aromatic carbocycles. The predicted octanol–water partition coefficient (Wildman–Crippen LogP) is 4.94. The van der Waals surface area contributed by atoms with Crippen molar-refractivity contribution in [3.05, 3.63) is 64.7 Å². The predicted molar refractivity (Wildman–Crippen MR) is 124 cm³/mol. The standard InChI is InChI=1S/C23H19F3N4O3S/c1-13-8-14(2)10-17(9-13)33-7-6-32-16-5-3-4-15(11-16)12-18-19(27)30-22(28-20(18)31)34-21(29-30)23(24,25)26/h3-5,8-12,27H,6-7H2,1-2H3/b18-12+,27-19?. The first-order chi connectivity index (χ1) is 16.1. The molecular formula is C23H19F3N4O3S. The van der Waals surface area contributed by atoms with Crippen LogP contribution in [0.1, 0.15) is 16.7 Å². The number of hydrogen-bond acceptors (Lipinski definition) is 6. The number of carbonyl (C=O) groups is 1. The lowest BCUT2D eigenvalue weighted by atomic mass is 10.1. The Morgan fingerprint density at radius 3 is 2.41 bits per heavy atom. The second kappa shape index (κ2) is 9.34. The number of fused-ring (bicyclic) bond motifs is 1. The minimum atomic E-state index is -4.69. The molecule has 0 fully saturated rings. The highest BCUT2D eigenvalue weighted by Gasteiger charge is 2.46. The average molecular weight is 488 g/mol. The molecule has 1 amide bonds. The number of amides is 1. The molecule has 0 atom stereocenters. The first-order valence-electron chi connectivity index (χ1n) is 10.1. The van der Waals surface area contributed by atoms with Crippen LogP contribution in [0.2, 0.25) is 0 Å². The first-order valence-corrected chi connectivity index (χ1v) is 10.9. The fraction of sp³-hybridized carbons (Fsp3) is 0.217. The highest BCUT2D eigenvalue weighted by Crippen LogP contribution is 2.35. The van der Waals surface area contributed by atoms with E-state index in [4.69, 9.17) is 14.9 Å². The maximum Gasteiger partial charge on any atom is 0.441 e. The Labute approximate surface area is 197 Å². The zero-order valence-electron chi connectivity index (χ0n) is 18.1. The molecule has 0 aliphatic carbocycles. The van der Waals surface area contributed by atoms with Crippen LogP contribution in [0.25, 0.3) is 6.08 Å². The van der Waals surface area contributed by atoms with Crippen LogP contribution in [-0.4, -0.2) is 46.4 Å². The number of ether oxygens (including phenoxy) is 2. The summed E-state index contributed by atoms with van der Waals surface area (Å²) in [5, 5.41) is 10.8. The van der Waals surface area contributed by atoms with Gasteiger partial charge in [-0.05, 0) is 72.6 Å². The van der Waals surface area contributed by atoms with Gasteiger partial charge in [-0.15, -0.1) is 0 Å². The Bertz CT molecular complexity index is 1230. The van der Waals surface area contributed by atoms with Crippen molar-refractivity contribution in [3.8, 4) is 11.5 Å². The summed E-state index contributed by atoms with van der Waals surface area (Å²) < 4.78 is 50.3. The Morgan fingerprint density at radius 2 is 1.74 bits per heavy atom. The third-order valence-corrected chi connectivity index (χ3v) is 5.64. The molecule has 0 saturated carbocycles. The van der Waals surface area contributed by atoms with E-state index in [0.29, 0.717) is 22.9 Å². The Balaban J connectivity index is 1.42. The summed E-state index contributed by atoms with van der Waals surface area (Å²) in [6, 6.07) is 12.7. The molecule has 0 bridgehead atoms. The number of thioether (sulfide) groups is 1. The van der Waals surface area contributed by atoms with Gasteiger partial charge in [-0.25, -0.2) is 0 Å². The summed E-state index contributed by atoms with van der Waals surface area (Å²) in [6.45, 7) is 4.57. The zero-order valence-corrected chi connectivity index (χ0v) is 19.0. The Morgan fingerprint density at radius 1 is 1.06 bits per heavy atom. The van der Waals surface area contributed by atoms with Crippen LogP contribution in [0.5, 0.6) is 11.5 Å². The zero-order chi connectivity index (χ0) is 24.5. The summed E-state index contributed by atoms with van der Waals surface area (Å²) in [4.78, 5) is 16.0. The van der Waals surface area contributed by atoms with Gasteiger partial charge in [0.25, 0.3) is 5.91 Å². The van der Waals surface area contributed by atoms with E-state index in [1.165, 1.54) is 6.08 Å². The van der Waals surface area contributed by atoms with Crippen LogP contribution in [0.4, 0.5) is 13.2 Å². The van der Waals surface area contributed by atoms with Crippen LogP contribution >= 0.6 is 11.8 Å². The second-order valence-corrected chi connectivity index (χ2v) is 8.47. The van der Waals surface area contributed by atoms with Gasteiger partial charge >= 0.3 is 6.18 Å². The summed E-state index contributed by atoms with van der Waals surface area (Å²) in [6.07, 6.45) is -3.32. The van der Waals surface area contributed by atoms with Crippen LogP contribution in [0, 0.1) is 19.3 Å². The number of rotatable bonds is 6. The van der Waals surface area contributed by atoms with Gasteiger partial charge in [0.2, 0.25) is 10.2 Å². The van der Waals surface area contributed by atoms with Crippen LogP contribution < -0.4 is 9.47 Å². The van der Waals surface area contributed by atoms with Crippen molar-refractivity contribution in [2.75, 3.05) is 13.2 Å². The van der Waals surface area contributed by atoms with Gasteiger partial charge in [-0.1, -0.05) is 18.2 Å². The van der Waals surface area contributed by atoms with Gasteiger partial charge < -0.3 is 9.47 Å². The fourth-order valence-electron chi connectivity index (χ4n) is 3.30. The number of carbonyl (C=O) groups excluding carboxylic acids is 1. The number of amidine groups is 2. The highest BCUT2D eigenvalue weighted by molar-refractivity contribution is 8.27. The summed E-state index contributed by atoms with van der Waals surface area (Å²) >= 11 is 0.211. The largest absolute Gasteiger partial charge is 0.490 e. The number of hydrazone groups is 1. The summed E-state index contributed by atoms with van der Waals surface area (Å²) in [5.74, 6) is -0.0258. The smallest absolute Gasteiger partial charge is 0.441 e. The number of hydrogen-bond donors (Lipinski definition) is 1. The van der Waals surface area contributed by atoms with E-state index in [1.54, 1.807) is 24.3 Å². The lowest BCUT2D eigenvalue weighted by Crippen LogP contribution is -2.35. The fourth-order valence-corrected chi connectivity index (χ4v) is 4.06. The van der Waals surface area contributed by atoms with Crippen molar-refractivity contribution < 1.29 is 27.4 Å².